The fourth-order valence-corrected chi connectivity index (χ4v) is 2.30. The molecular formula is C18H21NO. The van der Waals surface area contributed by atoms with E-state index in [-0.39, 0.29) is 0 Å². The molecule has 20 heavy (non-hydrogen) atoms. The Morgan fingerprint density at radius 1 is 0.800 bits per heavy atom. The molecule has 0 aliphatic rings. The van der Waals surface area contributed by atoms with Crippen molar-refractivity contribution in [2.24, 2.45) is 0 Å². The monoisotopic (exact) mass is 267 g/mol. The van der Waals surface area contributed by atoms with E-state index in [0.717, 1.165) is 32.3 Å². The Hall–Kier alpha value is -1.93. The van der Waals surface area contributed by atoms with Crippen molar-refractivity contribution < 1.29 is 4.79 Å². The van der Waals surface area contributed by atoms with E-state index < -0.39 is 0 Å². The van der Waals surface area contributed by atoms with Gasteiger partial charge in [-0.1, -0.05) is 60.7 Å². The number of rotatable bonds is 8. The Morgan fingerprint density at radius 3 is 1.75 bits per heavy atom. The molecule has 0 unspecified atom stereocenters. The normalized spacial score (nSPS) is 10.7. The summed E-state index contributed by atoms with van der Waals surface area (Å²) in [6.45, 7) is 2.80. The van der Waals surface area contributed by atoms with Gasteiger partial charge in [0.25, 0.3) is 0 Å². The largest absolute Gasteiger partial charge is 0.303 e. The first-order valence-corrected chi connectivity index (χ1v) is 7.12. The third-order valence-corrected chi connectivity index (χ3v) is 3.29. The van der Waals surface area contributed by atoms with Gasteiger partial charge in [-0.3, -0.25) is 4.90 Å². The molecule has 0 aromatic heterocycles. The van der Waals surface area contributed by atoms with E-state index in [1.54, 1.807) is 0 Å². The molecule has 0 N–H and O–H groups in total. The fourth-order valence-electron chi connectivity index (χ4n) is 2.30. The molecule has 0 bridgehead atoms. The van der Waals surface area contributed by atoms with Crippen LogP contribution >= 0.6 is 0 Å². The SMILES string of the molecule is O=CCCCN(Cc1ccccc1)Cc1ccccc1. The van der Waals surface area contributed by atoms with Crippen molar-refractivity contribution in [3.8, 4) is 0 Å². The Morgan fingerprint density at radius 2 is 1.30 bits per heavy atom. The second-order valence-electron chi connectivity index (χ2n) is 4.99. The van der Waals surface area contributed by atoms with Crippen molar-refractivity contribution in [1.82, 2.24) is 4.90 Å². The maximum atomic E-state index is 10.5. The minimum Gasteiger partial charge on any atom is -0.303 e. The lowest BCUT2D eigenvalue weighted by Crippen LogP contribution is -2.24. The number of benzene rings is 2. The van der Waals surface area contributed by atoms with Crippen LogP contribution in [0.1, 0.15) is 24.0 Å². The molecule has 0 saturated carbocycles. The molecule has 0 aliphatic carbocycles. The van der Waals surface area contributed by atoms with Crippen LogP contribution in [-0.2, 0) is 17.9 Å². The van der Waals surface area contributed by atoms with Crippen LogP contribution in [-0.4, -0.2) is 17.7 Å². The summed E-state index contributed by atoms with van der Waals surface area (Å²) < 4.78 is 0. The van der Waals surface area contributed by atoms with Crippen molar-refractivity contribution >= 4 is 6.29 Å². The topological polar surface area (TPSA) is 20.3 Å². The molecule has 0 aliphatic heterocycles. The van der Waals surface area contributed by atoms with Crippen LogP contribution in [0, 0.1) is 0 Å². The van der Waals surface area contributed by atoms with Crippen LogP contribution < -0.4 is 0 Å². The first-order valence-electron chi connectivity index (χ1n) is 7.12. The Balaban J connectivity index is 1.98. The van der Waals surface area contributed by atoms with Gasteiger partial charge < -0.3 is 4.79 Å². The van der Waals surface area contributed by atoms with Gasteiger partial charge >= 0.3 is 0 Å². The van der Waals surface area contributed by atoms with E-state index in [2.05, 4.69) is 53.4 Å². The van der Waals surface area contributed by atoms with Crippen molar-refractivity contribution in [3.63, 3.8) is 0 Å². The maximum absolute atomic E-state index is 10.5. The number of hydrogen-bond donors (Lipinski definition) is 0. The van der Waals surface area contributed by atoms with E-state index >= 15 is 0 Å². The molecule has 2 aromatic rings. The van der Waals surface area contributed by atoms with Gasteiger partial charge in [0, 0.05) is 19.5 Å². The molecule has 0 saturated heterocycles. The van der Waals surface area contributed by atoms with Crippen LogP contribution in [0.25, 0.3) is 0 Å². The molecular weight excluding hydrogens is 246 g/mol. The van der Waals surface area contributed by atoms with E-state index in [1.165, 1.54) is 11.1 Å². The Bertz CT molecular complexity index is 454. The van der Waals surface area contributed by atoms with Crippen molar-refractivity contribution in [1.29, 1.82) is 0 Å². The van der Waals surface area contributed by atoms with Gasteiger partial charge in [0.2, 0.25) is 0 Å². The van der Waals surface area contributed by atoms with Gasteiger partial charge in [-0.25, -0.2) is 0 Å². The molecule has 0 radical (unpaired) electrons. The minimum atomic E-state index is 0.639. The first kappa shape index (κ1) is 14.5. The number of carbonyl (C=O) groups is 1. The number of carbonyl (C=O) groups excluding carboxylic acids is 1. The molecule has 2 aromatic carbocycles. The van der Waals surface area contributed by atoms with E-state index in [4.69, 9.17) is 0 Å². The highest BCUT2D eigenvalue weighted by atomic mass is 16.1. The average Bonchev–Trinajstić information content (AvgIpc) is 2.49. The predicted molar refractivity (Wildman–Crippen MR) is 82.3 cm³/mol. The lowest BCUT2D eigenvalue weighted by molar-refractivity contribution is -0.108. The predicted octanol–water partition coefficient (Wildman–Crippen LogP) is 3.67. The van der Waals surface area contributed by atoms with Gasteiger partial charge in [-0.05, 0) is 24.1 Å². The fraction of sp³-hybridized carbons (Fsp3) is 0.278. The second kappa shape index (κ2) is 8.28. The van der Waals surface area contributed by atoms with Crippen LogP contribution in [0.3, 0.4) is 0 Å². The summed E-state index contributed by atoms with van der Waals surface area (Å²) >= 11 is 0. The third-order valence-electron chi connectivity index (χ3n) is 3.29. The van der Waals surface area contributed by atoms with Gasteiger partial charge in [0.1, 0.15) is 6.29 Å². The molecule has 0 atom stereocenters. The summed E-state index contributed by atoms with van der Waals surface area (Å²) in [7, 11) is 0. The summed E-state index contributed by atoms with van der Waals surface area (Å²) in [5, 5.41) is 0. The van der Waals surface area contributed by atoms with Crippen LogP contribution in [0.4, 0.5) is 0 Å². The number of aldehydes is 1. The molecule has 0 heterocycles. The van der Waals surface area contributed by atoms with Crippen molar-refractivity contribution in [2.75, 3.05) is 6.54 Å². The molecule has 0 spiro atoms. The second-order valence-corrected chi connectivity index (χ2v) is 4.99. The van der Waals surface area contributed by atoms with Crippen LogP contribution in [0.5, 0.6) is 0 Å². The summed E-state index contributed by atoms with van der Waals surface area (Å²) in [6, 6.07) is 21.0. The van der Waals surface area contributed by atoms with Crippen molar-refractivity contribution in [2.45, 2.75) is 25.9 Å². The number of hydrogen-bond acceptors (Lipinski definition) is 2. The molecule has 2 rings (SSSR count). The van der Waals surface area contributed by atoms with Gasteiger partial charge in [-0.2, -0.15) is 0 Å². The van der Waals surface area contributed by atoms with Crippen molar-refractivity contribution in [3.05, 3.63) is 71.8 Å². The highest BCUT2D eigenvalue weighted by Crippen LogP contribution is 2.10. The van der Waals surface area contributed by atoms with Gasteiger partial charge in [-0.15, -0.1) is 0 Å². The number of nitrogens with zero attached hydrogens (tertiary/aromatic N) is 1. The first-order chi connectivity index (χ1) is 9.88. The van der Waals surface area contributed by atoms with E-state index in [9.17, 15) is 4.79 Å². The molecule has 2 heteroatoms. The summed E-state index contributed by atoms with van der Waals surface area (Å²) in [5.41, 5.74) is 2.63. The van der Waals surface area contributed by atoms with Crippen LogP contribution in [0.15, 0.2) is 60.7 Å². The molecule has 0 amide bonds. The maximum Gasteiger partial charge on any atom is 0.120 e. The highest BCUT2D eigenvalue weighted by Gasteiger charge is 2.06. The van der Waals surface area contributed by atoms with E-state index in [0.29, 0.717) is 6.42 Å². The van der Waals surface area contributed by atoms with E-state index in [1.807, 2.05) is 12.1 Å². The zero-order valence-corrected chi connectivity index (χ0v) is 11.7. The molecule has 2 nitrogen and oxygen atoms in total. The molecule has 0 fully saturated rings. The Labute approximate surface area is 121 Å². The van der Waals surface area contributed by atoms with Crippen LogP contribution in [0.2, 0.25) is 0 Å². The highest BCUT2D eigenvalue weighted by molar-refractivity contribution is 5.49. The third kappa shape index (κ3) is 4.98. The zero-order chi connectivity index (χ0) is 14.0. The molecule has 104 valence electrons. The van der Waals surface area contributed by atoms with Gasteiger partial charge in [0.15, 0.2) is 0 Å². The summed E-state index contributed by atoms with van der Waals surface area (Å²) in [5.74, 6) is 0. The smallest absolute Gasteiger partial charge is 0.120 e. The minimum absolute atomic E-state index is 0.639. The average molecular weight is 267 g/mol. The van der Waals surface area contributed by atoms with Gasteiger partial charge in [0.05, 0.1) is 0 Å². The standard InChI is InChI=1S/C18H21NO/c20-14-8-7-13-19(15-17-9-3-1-4-10-17)16-18-11-5-2-6-12-18/h1-6,9-12,14H,7-8,13,15-16H2. The Kier molecular flexibility index (Phi) is 6.00. The number of unbranched alkanes of at least 4 members (excludes halogenated alkanes) is 1. The lowest BCUT2D eigenvalue weighted by Gasteiger charge is -2.22. The summed E-state index contributed by atoms with van der Waals surface area (Å²) in [4.78, 5) is 12.9. The quantitative estimate of drug-likeness (QED) is 0.537. The zero-order valence-electron chi connectivity index (χ0n) is 11.7. The lowest BCUT2D eigenvalue weighted by atomic mass is 10.1. The summed E-state index contributed by atoms with van der Waals surface area (Å²) in [6.07, 6.45) is 2.56.